The second-order valence-electron chi connectivity index (χ2n) is 19.2. The number of hydrogen-bond donors (Lipinski definition) is 2. The predicted molar refractivity (Wildman–Crippen MR) is 295 cm³/mol. The highest BCUT2D eigenvalue weighted by Crippen LogP contribution is 2.39. The SMILES string of the molecule is CN(CC1=CC(Cc2ccccc2)(NC(=O)C(Cl)(Cl)Cl)C1)c1cccc(OCCN2CCOCC2)c1.CN(CC1=CC(Cc2ccccc2)(NC(=O)C(Cl)(Cl)Cl)C1)c1cccc(OCC[N+]2([O-])CCOCC2)c1. The Bertz CT molecular complexity index is 2500. The number of amides is 2. The lowest BCUT2D eigenvalue weighted by Gasteiger charge is -2.44. The fraction of sp³-hybridized carbons (Fsp3) is 0.444. The van der Waals surface area contributed by atoms with Crippen LogP contribution >= 0.6 is 69.6 Å². The molecule has 4 aliphatic rings. The van der Waals surface area contributed by atoms with Crippen molar-refractivity contribution < 1.29 is 33.2 Å². The van der Waals surface area contributed by atoms with Crippen molar-refractivity contribution in [3.63, 3.8) is 0 Å². The number of ether oxygens (including phenoxy) is 4. The molecule has 2 N–H and O–H groups in total. The van der Waals surface area contributed by atoms with Crippen LogP contribution < -0.4 is 29.9 Å². The number of nitrogens with zero attached hydrogens (tertiary/aromatic N) is 4. The number of quaternary nitrogens is 1. The van der Waals surface area contributed by atoms with Gasteiger partial charge in [-0.05, 0) is 72.2 Å². The molecule has 0 bridgehead atoms. The Labute approximate surface area is 459 Å². The Morgan fingerprint density at radius 1 is 0.644 bits per heavy atom. The molecule has 2 aliphatic heterocycles. The summed E-state index contributed by atoms with van der Waals surface area (Å²) in [6.07, 6.45) is 6.69. The van der Waals surface area contributed by atoms with Gasteiger partial charge in [-0.15, -0.1) is 0 Å². The average Bonchev–Trinajstić information content (AvgIpc) is 3.34. The van der Waals surface area contributed by atoms with E-state index >= 15 is 0 Å². The van der Waals surface area contributed by atoms with E-state index in [-0.39, 0.29) is 4.65 Å². The Hall–Kier alpha value is -3.96. The lowest BCUT2D eigenvalue weighted by atomic mass is 9.74. The molecule has 2 fully saturated rings. The topological polar surface area (TPSA) is 128 Å². The van der Waals surface area contributed by atoms with Crippen LogP contribution in [-0.4, -0.2) is 146 Å². The lowest BCUT2D eigenvalue weighted by Crippen LogP contribution is -2.57. The van der Waals surface area contributed by atoms with Crippen molar-refractivity contribution in [2.45, 2.75) is 44.3 Å². The first-order valence-corrected chi connectivity index (χ1v) is 26.7. The molecule has 0 aromatic heterocycles. The summed E-state index contributed by atoms with van der Waals surface area (Å²) in [7, 11) is 4.05. The number of hydrogen-bond acceptors (Lipinski definition) is 10. The number of anilines is 2. The maximum absolute atomic E-state index is 12.7. The molecule has 0 radical (unpaired) electrons. The van der Waals surface area contributed by atoms with E-state index in [1.165, 1.54) is 11.1 Å². The van der Waals surface area contributed by atoms with Gasteiger partial charge >= 0.3 is 0 Å². The molecule has 2 aliphatic carbocycles. The summed E-state index contributed by atoms with van der Waals surface area (Å²) in [6, 6.07) is 35.8. The normalized spacial score (nSPS) is 20.6. The zero-order chi connectivity index (χ0) is 52.1. The quantitative estimate of drug-likeness (QED) is 0.0383. The number of nitrogens with one attached hydrogen (secondary N) is 2. The van der Waals surface area contributed by atoms with Gasteiger partial charge in [-0.2, -0.15) is 0 Å². The van der Waals surface area contributed by atoms with Crippen molar-refractivity contribution in [2.24, 2.45) is 0 Å². The minimum Gasteiger partial charge on any atom is -0.633 e. The molecule has 4 aromatic carbocycles. The van der Waals surface area contributed by atoms with Crippen molar-refractivity contribution in [2.75, 3.05) is 116 Å². The molecule has 2 atom stereocenters. The van der Waals surface area contributed by atoms with E-state index in [2.05, 4.69) is 49.6 Å². The smallest absolute Gasteiger partial charge is 0.272 e. The summed E-state index contributed by atoms with van der Waals surface area (Å²) in [5.41, 5.74) is 5.42. The number of morpholine rings is 2. The van der Waals surface area contributed by atoms with Crippen molar-refractivity contribution in [1.82, 2.24) is 15.5 Å². The first-order chi connectivity index (χ1) is 34.8. The number of carbonyl (C=O) groups excluding carboxylic acids is 2. The maximum Gasteiger partial charge on any atom is 0.272 e. The van der Waals surface area contributed by atoms with E-state index in [4.69, 9.17) is 88.6 Å². The second kappa shape index (κ2) is 25.7. The third kappa shape index (κ3) is 17.3. The van der Waals surface area contributed by atoms with E-state index in [9.17, 15) is 14.8 Å². The van der Waals surface area contributed by atoms with Gasteiger partial charge in [-0.25, -0.2) is 0 Å². The van der Waals surface area contributed by atoms with E-state index < -0.39 is 30.5 Å². The third-order valence-electron chi connectivity index (χ3n) is 13.2. The monoisotopic (exact) mass is 1120 g/mol. The first kappa shape index (κ1) is 56.8. The van der Waals surface area contributed by atoms with E-state index in [1.54, 1.807) is 0 Å². The molecule has 8 rings (SSSR count). The molecule has 2 saturated heterocycles. The fourth-order valence-corrected chi connectivity index (χ4v) is 9.77. The highest BCUT2D eigenvalue weighted by molar-refractivity contribution is 6.76. The molecule has 0 saturated carbocycles. The summed E-state index contributed by atoms with van der Waals surface area (Å²) >= 11 is 35.0. The van der Waals surface area contributed by atoms with Gasteiger partial charge in [0.25, 0.3) is 19.4 Å². The van der Waals surface area contributed by atoms with Crippen LogP contribution in [0.4, 0.5) is 11.4 Å². The zero-order valence-electron chi connectivity index (χ0n) is 41.2. The van der Waals surface area contributed by atoms with Gasteiger partial charge in [0.05, 0.1) is 37.5 Å². The van der Waals surface area contributed by atoms with Crippen LogP contribution in [0.5, 0.6) is 11.5 Å². The van der Waals surface area contributed by atoms with Crippen molar-refractivity contribution in [3.05, 3.63) is 149 Å². The van der Waals surface area contributed by atoms with Crippen LogP contribution in [0.25, 0.3) is 0 Å². The van der Waals surface area contributed by atoms with Crippen LogP contribution in [0.3, 0.4) is 0 Å². The Balaban J connectivity index is 0.000000214. The summed E-state index contributed by atoms with van der Waals surface area (Å²) < 4.78 is 18.3. The number of halogens is 6. The van der Waals surface area contributed by atoms with Crippen LogP contribution in [0.1, 0.15) is 24.0 Å². The molecular formula is C54H64Cl6N6O7. The Morgan fingerprint density at radius 2 is 1.07 bits per heavy atom. The molecule has 2 amide bonds. The van der Waals surface area contributed by atoms with Crippen LogP contribution in [0.15, 0.2) is 132 Å². The minimum absolute atomic E-state index is 0.271. The Morgan fingerprint density at radius 3 is 1.51 bits per heavy atom. The molecule has 19 heteroatoms. The van der Waals surface area contributed by atoms with Crippen LogP contribution in [0.2, 0.25) is 0 Å². The van der Waals surface area contributed by atoms with E-state index in [0.29, 0.717) is 78.3 Å². The first-order valence-electron chi connectivity index (χ1n) is 24.4. The molecule has 13 nitrogen and oxygen atoms in total. The predicted octanol–water partition coefficient (Wildman–Crippen LogP) is 9.28. The van der Waals surface area contributed by atoms with Gasteiger partial charge in [0.2, 0.25) is 0 Å². The number of likely N-dealkylation sites (N-methyl/N-ethyl adjacent to an activating group) is 2. The maximum atomic E-state index is 12.7. The minimum atomic E-state index is -2.03. The van der Waals surface area contributed by atoms with Gasteiger partial charge < -0.3 is 49.2 Å². The molecule has 73 heavy (non-hydrogen) atoms. The number of rotatable bonds is 20. The van der Waals surface area contributed by atoms with Gasteiger partial charge in [0.1, 0.15) is 44.3 Å². The largest absolute Gasteiger partial charge is 0.633 e. The number of hydroxylamine groups is 3. The third-order valence-corrected chi connectivity index (χ3v) is 14.3. The Kier molecular flexibility index (Phi) is 20.0. The fourth-order valence-electron chi connectivity index (χ4n) is 9.49. The summed E-state index contributed by atoms with van der Waals surface area (Å²) in [6.45, 7) is 9.10. The molecule has 2 heterocycles. The average molecular weight is 1120 g/mol. The van der Waals surface area contributed by atoms with Gasteiger partial charge in [0, 0.05) is 70.3 Å². The molecule has 4 aromatic rings. The van der Waals surface area contributed by atoms with Crippen molar-refractivity contribution in [3.8, 4) is 11.5 Å². The van der Waals surface area contributed by atoms with Gasteiger partial charge in [-0.3, -0.25) is 14.5 Å². The summed E-state index contributed by atoms with van der Waals surface area (Å²) in [5.74, 6) is 0.318. The molecule has 2 unspecified atom stereocenters. The number of alkyl halides is 6. The van der Waals surface area contributed by atoms with Gasteiger partial charge in [-0.1, -0.05) is 155 Å². The number of benzene rings is 4. The molecule has 394 valence electrons. The van der Waals surface area contributed by atoms with E-state index in [1.807, 2.05) is 111 Å². The van der Waals surface area contributed by atoms with Crippen molar-refractivity contribution >= 4 is 92.8 Å². The standard InChI is InChI=1S/C27H32Cl3N3O4.C27H32Cl3N3O3/c1-32(23-8-5-9-24(16-23)37-15-12-33(35)10-13-36-14-11-33)20-22-18-26(19-22,31-25(34)27(28,29)30)17-21-6-3-2-4-7-21;1-32(23-8-5-9-24(16-23)36-15-12-33-10-13-35-14-11-33)20-22-18-26(19-22,31-25(34)27(28,29)30)17-21-6-3-2-4-7-21/h2-9,16,18H,10-15,17,19-20H2,1H3,(H,31,34);2-9,16,18H,10-15,17,19-20H2,1H3,(H,31,34). The van der Waals surface area contributed by atoms with Crippen LogP contribution in [0, 0.1) is 5.21 Å². The summed E-state index contributed by atoms with van der Waals surface area (Å²) in [4.78, 5) is 31.6. The lowest BCUT2D eigenvalue weighted by molar-refractivity contribution is -0.888. The second-order valence-corrected chi connectivity index (χ2v) is 23.8. The van der Waals surface area contributed by atoms with E-state index in [0.717, 1.165) is 73.4 Å². The molecule has 0 spiro atoms. The zero-order valence-corrected chi connectivity index (χ0v) is 45.7. The number of carbonyl (C=O) groups is 2. The van der Waals surface area contributed by atoms with Crippen LogP contribution in [-0.2, 0) is 31.9 Å². The highest BCUT2D eigenvalue weighted by Gasteiger charge is 2.44. The van der Waals surface area contributed by atoms with Crippen molar-refractivity contribution in [1.29, 1.82) is 0 Å². The summed E-state index contributed by atoms with van der Waals surface area (Å²) in [5, 5.41) is 18.6. The van der Waals surface area contributed by atoms with Gasteiger partial charge in [0.15, 0.2) is 0 Å². The molecular weight excluding hydrogens is 1060 g/mol. The highest BCUT2D eigenvalue weighted by atomic mass is 35.6.